The van der Waals surface area contributed by atoms with E-state index < -0.39 is 6.09 Å². The maximum Gasteiger partial charge on any atom is 0.411 e. The normalized spacial score (nSPS) is 11.1. The maximum absolute atomic E-state index is 12.3. The van der Waals surface area contributed by atoms with Crippen molar-refractivity contribution in [3.8, 4) is 32.5 Å². The van der Waals surface area contributed by atoms with Crippen LogP contribution in [-0.4, -0.2) is 35.9 Å². The Kier molecular flexibility index (Phi) is 5.91. The molecule has 0 aliphatic heterocycles. The number of fused-ring (bicyclic) bond motifs is 1. The molecular weight excluding hydrogens is 486 g/mol. The van der Waals surface area contributed by atoms with Gasteiger partial charge in [0, 0.05) is 17.4 Å². The molecular formula is C27H21N7O2S. The fraction of sp³-hybridized carbons (Fsp3) is 0.0741. The number of nitrogens with one attached hydrogen (secondary N) is 2. The zero-order valence-corrected chi connectivity index (χ0v) is 20.6. The van der Waals surface area contributed by atoms with Gasteiger partial charge in [0.2, 0.25) is 0 Å². The third-order valence-electron chi connectivity index (χ3n) is 5.79. The van der Waals surface area contributed by atoms with Gasteiger partial charge >= 0.3 is 6.09 Å². The summed E-state index contributed by atoms with van der Waals surface area (Å²) in [5.74, 6) is 0.569. The van der Waals surface area contributed by atoms with E-state index in [2.05, 4.69) is 25.6 Å². The molecule has 182 valence electrons. The van der Waals surface area contributed by atoms with Gasteiger partial charge in [-0.3, -0.25) is 10.4 Å². The van der Waals surface area contributed by atoms with E-state index in [1.807, 2.05) is 90.4 Å². The molecule has 4 aromatic heterocycles. The second kappa shape index (κ2) is 9.67. The summed E-state index contributed by atoms with van der Waals surface area (Å²) < 4.78 is 7.17. The largest absolute Gasteiger partial charge is 0.444 e. The molecule has 0 saturated carbocycles. The van der Waals surface area contributed by atoms with Crippen LogP contribution < -0.4 is 5.32 Å². The molecule has 10 heteroatoms. The first-order valence-corrected chi connectivity index (χ1v) is 12.4. The number of pyridine rings is 1. The molecule has 0 aliphatic carbocycles. The summed E-state index contributed by atoms with van der Waals surface area (Å²) in [5.41, 5.74) is 6.03. The lowest BCUT2D eigenvalue weighted by Crippen LogP contribution is -2.13. The number of thiazole rings is 1. The van der Waals surface area contributed by atoms with Gasteiger partial charge in [-0.2, -0.15) is 10.2 Å². The van der Waals surface area contributed by atoms with Crippen molar-refractivity contribution in [3.63, 3.8) is 0 Å². The number of ether oxygens (including phenoxy) is 1. The molecule has 6 rings (SSSR count). The van der Waals surface area contributed by atoms with E-state index in [9.17, 15) is 4.79 Å². The Morgan fingerprint density at radius 3 is 2.65 bits per heavy atom. The number of hydrogen-bond acceptors (Lipinski definition) is 7. The van der Waals surface area contributed by atoms with Crippen LogP contribution in [0, 0.1) is 6.92 Å². The van der Waals surface area contributed by atoms with Crippen molar-refractivity contribution in [2.24, 2.45) is 0 Å². The van der Waals surface area contributed by atoms with E-state index >= 15 is 0 Å². The second-order valence-electron chi connectivity index (χ2n) is 8.27. The van der Waals surface area contributed by atoms with Crippen LogP contribution in [-0.2, 0) is 11.3 Å². The molecule has 1 amide bonds. The number of amides is 1. The Morgan fingerprint density at radius 1 is 1.05 bits per heavy atom. The molecule has 2 N–H and O–H groups in total. The predicted octanol–water partition coefficient (Wildman–Crippen LogP) is 5.97. The third-order valence-corrected chi connectivity index (χ3v) is 6.86. The summed E-state index contributed by atoms with van der Waals surface area (Å²) >= 11 is 1.52. The molecule has 0 bridgehead atoms. The van der Waals surface area contributed by atoms with Crippen LogP contribution in [0.5, 0.6) is 0 Å². The Morgan fingerprint density at radius 2 is 1.86 bits per heavy atom. The monoisotopic (exact) mass is 507 g/mol. The highest BCUT2D eigenvalue weighted by Gasteiger charge is 2.22. The number of rotatable bonds is 6. The molecule has 0 radical (unpaired) electrons. The van der Waals surface area contributed by atoms with Crippen molar-refractivity contribution in [2.45, 2.75) is 13.5 Å². The average Bonchev–Trinajstić information content (AvgIpc) is 3.66. The fourth-order valence-corrected chi connectivity index (χ4v) is 5.20. The first-order chi connectivity index (χ1) is 18.2. The fourth-order valence-electron chi connectivity index (χ4n) is 4.06. The Labute approximate surface area is 215 Å². The van der Waals surface area contributed by atoms with Gasteiger partial charge in [-0.15, -0.1) is 11.3 Å². The van der Waals surface area contributed by atoms with E-state index in [1.54, 1.807) is 6.33 Å². The van der Waals surface area contributed by atoms with Crippen LogP contribution in [0.1, 0.15) is 11.3 Å². The number of aromatic amines is 1. The van der Waals surface area contributed by atoms with Crippen molar-refractivity contribution in [1.82, 2.24) is 29.8 Å². The number of H-pyrrole nitrogens is 1. The Bertz CT molecular complexity index is 1670. The quantitative estimate of drug-likeness (QED) is 0.288. The van der Waals surface area contributed by atoms with Crippen LogP contribution in [0.15, 0.2) is 85.3 Å². The molecule has 9 nitrogen and oxygen atoms in total. The van der Waals surface area contributed by atoms with Gasteiger partial charge in [0.15, 0.2) is 5.82 Å². The minimum Gasteiger partial charge on any atom is -0.444 e. The molecule has 2 aromatic carbocycles. The summed E-state index contributed by atoms with van der Waals surface area (Å²) in [4.78, 5) is 22.5. The highest BCUT2D eigenvalue weighted by Crippen LogP contribution is 2.41. The highest BCUT2D eigenvalue weighted by atomic mass is 32.1. The van der Waals surface area contributed by atoms with Gasteiger partial charge in [-0.25, -0.2) is 19.3 Å². The maximum atomic E-state index is 12.3. The summed E-state index contributed by atoms with van der Waals surface area (Å²) in [7, 11) is 0. The van der Waals surface area contributed by atoms with Crippen molar-refractivity contribution in [1.29, 1.82) is 0 Å². The van der Waals surface area contributed by atoms with Crippen molar-refractivity contribution in [2.75, 3.05) is 5.32 Å². The van der Waals surface area contributed by atoms with Crippen molar-refractivity contribution < 1.29 is 9.53 Å². The summed E-state index contributed by atoms with van der Waals surface area (Å²) in [6, 6.07) is 23.0. The topological polar surface area (TPSA) is 110 Å². The lowest BCUT2D eigenvalue weighted by atomic mass is 10.1. The van der Waals surface area contributed by atoms with Crippen molar-refractivity contribution >= 4 is 28.6 Å². The van der Waals surface area contributed by atoms with Crippen LogP contribution in [0.2, 0.25) is 0 Å². The van der Waals surface area contributed by atoms with Gasteiger partial charge in [-0.05, 0) is 36.8 Å². The highest BCUT2D eigenvalue weighted by molar-refractivity contribution is 7.19. The number of aromatic nitrogens is 6. The number of hydrogen-bond donors (Lipinski definition) is 2. The smallest absolute Gasteiger partial charge is 0.411 e. The number of anilines is 1. The second-order valence-corrected chi connectivity index (χ2v) is 9.27. The molecule has 6 aromatic rings. The predicted molar refractivity (Wildman–Crippen MR) is 142 cm³/mol. The average molecular weight is 508 g/mol. The molecule has 0 spiro atoms. The Balaban J connectivity index is 1.28. The van der Waals surface area contributed by atoms with E-state index in [4.69, 9.17) is 9.72 Å². The molecule has 4 heterocycles. The lowest BCUT2D eigenvalue weighted by molar-refractivity contribution is 0.155. The third kappa shape index (κ3) is 4.57. The van der Waals surface area contributed by atoms with Gasteiger partial charge < -0.3 is 4.74 Å². The SMILES string of the molecule is Cc1nn2ccccc2c1-c1nc(-c2ccc(NC(=O)OCc3ccccc3)cc2)c(-c2nc[nH]n2)s1. The molecule has 0 aliphatic rings. The van der Waals surface area contributed by atoms with E-state index in [0.29, 0.717) is 11.5 Å². The Hall–Kier alpha value is -4.83. The summed E-state index contributed by atoms with van der Waals surface area (Å²) in [5, 5.41) is 15.3. The van der Waals surface area contributed by atoms with Gasteiger partial charge in [0.1, 0.15) is 22.8 Å². The van der Waals surface area contributed by atoms with Crippen molar-refractivity contribution in [3.05, 3.63) is 96.6 Å². The zero-order valence-electron chi connectivity index (χ0n) is 19.8. The minimum atomic E-state index is -0.516. The number of aryl methyl sites for hydroxylation is 1. The molecule has 37 heavy (non-hydrogen) atoms. The zero-order chi connectivity index (χ0) is 25.2. The summed E-state index contributed by atoms with van der Waals surface area (Å²) in [6.07, 6.45) is 2.96. The van der Waals surface area contributed by atoms with Crippen LogP contribution in [0.3, 0.4) is 0 Å². The number of carbonyl (C=O) groups excluding carboxylic acids is 1. The lowest BCUT2D eigenvalue weighted by Gasteiger charge is -2.08. The van der Waals surface area contributed by atoms with Gasteiger partial charge in [0.05, 0.1) is 22.5 Å². The first-order valence-electron chi connectivity index (χ1n) is 11.5. The molecule has 0 fully saturated rings. The number of nitrogens with zero attached hydrogens (tertiary/aromatic N) is 5. The van der Waals surface area contributed by atoms with E-state index in [-0.39, 0.29) is 6.61 Å². The first kappa shape index (κ1) is 22.6. The number of carbonyl (C=O) groups is 1. The molecule has 0 saturated heterocycles. The van der Waals surface area contributed by atoms with E-state index in [1.165, 1.54) is 11.3 Å². The number of benzene rings is 2. The molecule has 0 atom stereocenters. The molecule has 0 unspecified atom stereocenters. The van der Waals surface area contributed by atoms with Crippen LogP contribution in [0.25, 0.3) is 38.0 Å². The van der Waals surface area contributed by atoms with Gasteiger partial charge in [-0.1, -0.05) is 48.5 Å². The minimum absolute atomic E-state index is 0.204. The van der Waals surface area contributed by atoms with E-state index in [0.717, 1.165) is 43.5 Å². The van der Waals surface area contributed by atoms with Gasteiger partial charge in [0.25, 0.3) is 0 Å². The van der Waals surface area contributed by atoms with Crippen LogP contribution >= 0.6 is 11.3 Å². The summed E-state index contributed by atoms with van der Waals surface area (Å²) in [6.45, 7) is 2.18. The van der Waals surface area contributed by atoms with Crippen LogP contribution in [0.4, 0.5) is 10.5 Å². The standard InChI is InChI=1S/C27H21N7O2S/c1-17-22(21-9-5-6-14-34(21)33-17)26-31-23(24(37-26)25-28-16-29-32-25)19-10-12-20(13-11-19)30-27(35)36-15-18-7-3-2-4-8-18/h2-14,16H,15H2,1H3,(H,30,35)(H,28,29,32).